The predicted molar refractivity (Wildman–Crippen MR) is 130 cm³/mol. The number of likely N-dealkylation sites (tertiary alicyclic amines) is 1. The molecular formula is C20H34IN5OS. The van der Waals surface area contributed by atoms with E-state index in [1.165, 1.54) is 24.3 Å². The fourth-order valence-electron chi connectivity index (χ4n) is 3.07. The SMILES string of the molecule is CCN1CCCC1CNC(=NCC(=O)N(C)C)NCCSc1ccccc1.I. The van der Waals surface area contributed by atoms with E-state index in [-0.39, 0.29) is 36.4 Å². The Balaban J connectivity index is 0.00000392. The zero-order valence-electron chi connectivity index (χ0n) is 17.2. The molecule has 1 aliphatic rings. The first kappa shape index (κ1) is 25.0. The first-order chi connectivity index (χ1) is 13.1. The van der Waals surface area contributed by atoms with Crippen LogP contribution in [0.5, 0.6) is 0 Å². The van der Waals surface area contributed by atoms with Crippen molar-refractivity contribution in [3.63, 3.8) is 0 Å². The molecule has 0 aromatic heterocycles. The zero-order chi connectivity index (χ0) is 19.5. The van der Waals surface area contributed by atoms with Crippen molar-refractivity contribution in [1.82, 2.24) is 20.4 Å². The van der Waals surface area contributed by atoms with E-state index in [1.54, 1.807) is 19.0 Å². The fourth-order valence-corrected chi connectivity index (χ4v) is 3.86. The maximum atomic E-state index is 11.9. The van der Waals surface area contributed by atoms with Gasteiger partial charge in [-0.25, -0.2) is 4.99 Å². The Morgan fingerprint density at radius 1 is 1.29 bits per heavy atom. The van der Waals surface area contributed by atoms with Gasteiger partial charge in [-0.2, -0.15) is 0 Å². The third-order valence-electron chi connectivity index (χ3n) is 4.69. The van der Waals surface area contributed by atoms with Gasteiger partial charge in [0.15, 0.2) is 5.96 Å². The molecule has 2 N–H and O–H groups in total. The van der Waals surface area contributed by atoms with Crippen LogP contribution in [0.4, 0.5) is 0 Å². The molecule has 1 aromatic carbocycles. The lowest BCUT2D eigenvalue weighted by atomic mass is 10.2. The first-order valence-electron chi connectivity index (χ1n) is 9.74. The van der Waals surface area contributed by atoms with Gasteiger partial charge in [0, 0.05) is 43.9 Å². The molecular weight excluding hydrogens is 485 g/mol. The number of carbonyl (C=O) groups excluding carboxylic acids is 1. The van der Waals surface area contributed by atoms with Crippen molar-refractivity contribution < 1.29 is 4.79 Å². The largest absolute Gasteiger partial charge is 0.356 e. The van der Waals surface area contributed by atoms with E-state index >= 15 is 0 Å². The number of thioether (sulfide) groups is 1. The second kappa shape index (κ2) is 14.1. The van der Waals surface area contributed by atoms with Crippen LogP contribution in [0.25, 0.3) is 0 Å². The summed E-state index contributed by atoms with van der Waals surface area (Å²) in [4.78, 5) is 21.7. The lowest BCUT2D eigenvalue weighted by Crippen LogP contribution is -2.45. The molecule has 1 amide bonds. The Morgan fingerprint density at radius 2 is 2.04 bits per heavy atom. The second-order valence-electron chi connectivity index (χ2n) is 6.85. The molecule has 2 rings (SSSR count). The monoisotopic (exact) mass is 519 g/mol. The Morgan fingerprint density at radius 3 is 2.71 bits per heavy atom. The van der Waals surface area contributed by atoms with E-state index in [0.717, 1.165) is 31.3 Å². The van der Waals surface area contributed by atoms with Crippen LogP contribution < -0.4 is 10.6 Å². The fraction of sp³-hybridized carbons (Fsp3) is 0.600. The van der Waals surface area contributed by atoms with E-state index < -0.39 is 0 Å². The molecule has 8 heteroatoms. The third kappa shape index (κ3) is 9.00. The number of carbonyl (C=O) groups is 1. The number of halogens is 1. The molecule has 28 heavy (non-hydrogen) atoms. The summed E-state index contributed by atoms with van der Waals surface area (Å²) in [5.41, 5.74) is 0. The summed E-state index contributed by atoms with van der Waals surface area (Å²) in [6.07, 6.45) is 2.47. The molecule has 158 valence electrons. The van der Waals surface area contributed by atoms with Crippen LogP contribution in [0.1, 0.15) is 19.8 Å². The minimum atomic E-state index is 0. The summed E-state index contributed by atoms with van der Waals surface area (Å²) in [6.45, 7) is 6.29. The van der Waals surface area contributed by atoms with E-state index in [9.17, 15) is 4.79 Å². The van der Waals surface area contributed by atoms with Crippen molar-refractivity contribution in [1.29, 1.82) is 0 Å². The molecule has 0 radical (unpaired) electrons. The summed E-state index contributed by atoms with van der Waals surface area (Å²) in [7, 11) is 3.51. The lowest BCUT2D eigenvalue weighted by Gasteiger charge is -2.24. The zero-order valence-corrected chi connectivity index (χ0v) is 20.3. The summed E-state index contributed by atoms with van der Waals surface area (Å²) >= 11 is 1.81. The molecule has 1 heterocycles. The van der Waals surface area contributed by atoms with Gasteiger partial charge < -0.3 is 15.5 Å². The maximum absolute atomic E-state index is 11.9. The second-order valence-corrected chi connectivity index (χ2v) is 8.02. The molecule has 1 aromatic rings. The van der Waals surface area contributed by atoms with Crippen LogP contribution in [0.15, 0.2) is 40.2 Å². The summed E-state index contributed by atoms with van der Waals surface area (Å²) in [5, 5.41) is 6.81. The number of amides is 1. The van der Waals surface area contributed by atoms with Crippen LogP contribution in [0, 0.1) is 0 Å². The molecule has 1 atom stereocenters. The highest BCUT2D eigenvalue weighted by atomic mass is 127. The molecule has 6 nitrogen and oxygen atoms in total. The molecule has 1 saturated heterocycles. The van der Waals surface area contributed by atoms with Crippen molar-refractivity contribution in [2.45, 2.75) is 30.7 Å². The lowest BCUT2D eigenvalue weighted by molar-refractivity contribution is -0.127. The van der Waals surface area contributed by atoms with E-state index in [4.69, 9.17) is 0 Å². The summed E-state index contributed by atoms with van der Waals surface area (Å²) in [5.74, 6) is 1.67. The Kier molecular flexibility index (Phi) is 12.6. The van der Waals surface area contributed by atoms with Gasteiger partial charge in [0.1, 0.15) is 6.54 Å². The van der Waals surface area contributed by atoms with Gasteiger partial charge in [0.2, 0.25) is 5.91 Å². The highest BCUT2D eigenvalue weighted by Gasteiger charge is 2.22. The quantitative estimate of drug-likeness (QED) is 0.173. The van der Waals surface area contributed by atoms with Crippen molar-refractivity contribution in [3.8, 4) is 0 Å². The number of hydrogen-bond acceptors (Lipinski definition) is 4. The van der Waals surface area contributed by atoms with Crippen molar-refractivity contribution in [3.05, 3.63) is 30.3 Å². The maximum Gasteiger partial charge on any atom is 0.243 e. The number of rotatable bonds is 9. The van der Waals surface area contributed by atoms with Crippen LogP contribution in [-0.4, -0.2) is 80.3 Å². The molecule has 1 fully saturated rings. The standard InChI is InChI=1S/C20H33N5OS.HI/c1-4-25-13-8-9-17(25)15-22-20(23-16-19(26)24(2)3)21-12-14-27-18-10-6-5-7-11-18;/h5-7,10-11,17H,4,8-9,12-16H2,1-3H3,(H2,21,22,23);1H. The topological polar surface area (TPSA) is 60.0 Å². The summed E-state index contributed by atoms with van der Waals surface area (Å²) in [6, 6.07) is 10.9. The third-order valence-corrected chi connectivity index (χ3v) is 5.70. The number of likely N-dealkylation sites (N-methyl/N-ethyl adjacent to an activating group) is 2. The van der Waals surface area contributed by atoms with Crippen molar-refractivity contribution in [2.24, 2.45) is 4.99 Å². The Hall–Kier alpha value is -1.000. The van der Waals surface area contributed by atoms with Gasteiger partial charge in [-0.15, -0.1) is 35.7 Å². The van der Waals surface area contributed by atoms with E-state index in [2.05, 4.69) is 51.7 Å². The normalized spacial score (nSPS) is 17.1. The highest BCUT2D eigenvalue weighted by Crippen LogP contribution is 2.16. The van der Waals surface area contributed by atoms with Crippen molar-refractivity contribution >= 4 is 47.6 Å². The van der Waals surface area contributed by atoms with Crippen LogP contribution >= 0.6 is 35.7 Å². The number of guanidine groups is 1. The minimum absolute atomic E-state index is 0. The number of aliphatic imine (C=N–C) groups is 1. The predicted octanol–water partition coefficient (Wildman–Crippen LogP) is 2.50. The number of nitrogens with one attached hydrogen (secondary N) is 2. The molecule has 1 aliphatic heterocycles. The van der Waals surface area contributed by atoms with Crippen LogP contribution in [-0.2, 0) is 4.79 Å². The molecule has 0 spiro atoms. The molecule has 0 bridgehead atoms. The first-order valence-corrected chi connectivity index (χ1v) is 10.7. The van der Waals surface area contributed by atoms with Gasteiger partial charge in [-0.05, 0) is 38.1 Å². The molecule has 0 aliphatic carbocycles. The van der Waals surface area contributed by atoms with Gasteiger partial charge in [-0.3, -0.25) is 9.69 Å². The smallest absolute Gasteiger partial charge is 0.243 e. The van der Waals surface area contributed by atoms with Crippen molar-refractivity contribution in [2.75, 3.05) is 52.6 Å². The van der Waals surface area contributed by atoms with E-state index in [1.807, 2.05) is 17.8 Å². The Bertz CT molecular complexity index is 600. The molecule has 1 unspecified atom stereocenters. The van der Waals surface area contributed by atoms with Gasteiger partial charge in [0.25, 0.3) is 0 Å². The summed E-state index contributed by atoms with van der Waals surface area (Å²) < 4.78 is 0. The van der Waals surface area contributed by atoms with Crippen LogP contribution in [0.2, 0.25) is 0 Å². The number of hydrogen-bond donors (Lipinski definition) is 2. The Labute approximate surface area is 190 Å². The van der Waals surface area contributed by atoms with Gasteiger partial charge >= 0.3 is 0 Å². The van der Waals surface area contributed by atoms with Gasteiger partial charge in [0.05, 0.1) is 0 Å². The van der Waals surface area contributed by atoms with Crippen LogP contribution in [0.3, 0.4) is 0 Å². The highest BCUT2D eigenvalue weighted by molar-refractivity contribution is 14.0. The number of nitrogens with zero attached hydrogens (tertiary/aromatic N) is 3. The number of benzene rings is 1. The minimum Gasteiger partial charge on any atom is -0.356 e. The van der Waals surface area contributed by atoms with E-state index in [0.29, 0.717) is 6.04 Å². The molecule has 0 saturated carbocycles. The van der Waals surface area contributed by atoms with Gasteiger partial charge in [-0.1, -0.05) is 25.1 Å². The average molecular weight is 519 g/mol. The average Bonchev–Trinajstić information content (AvgIpc) is 3.14.